The van der Waals surface area contributed by atoms with Crippen molar-refractivity contribution in [3.63, 3.8) is 0 Å². The number of carbonyl (C=O) groups is 2. The van der Waals surface area contributed by atoms with Crippen molar-refractivity contribution in [3.8, 4) is 0 Å². The molecule has 0 atom stereocenters. The van der Waals surface area contributed by atoms with Crippen LogP contribution in [-0.2, 0) is 0 Å². The summed E-state index contributed by atoms with van der Waals surface area (Å²) >= 11 is 5.93. The van der Waals surface area contributed by atoms with E-state index >= 15 is 0 Å². The number of anilines is 2. The highest BCUT2D eigenvalue weighted by Crippen LogP contribution is 2.19. The van der Waals surface area contributed by atoms with Gasteiger partial charge in [0.05, 0.1) is 11.3 Å². The Morgan fingerprint density at radius 1 is 0.885 bits per heavy atom. The molecular formula is C20H16ClN3O2. The molecule has 0 saturated heterocycles. The summed E-state index contributed by atoms with van der Waals surface area (Å²) in [6, 6.07) is 18.7. The number of halogens is 1. The van der Waals surface area contributed by atoms with Gasteiger partial charge in [0.25, 0.3) is 11.8 Å². The van der Waals surface area contributed by atoms with E-state index in [9.17, 15) is 9.59 Å². The molecule has 0 fully saturated rings. The predicted molar refractivity (Wildman–Crippen MR) is 103 cm³/mol. The van der Waals surface area contributed by atoms with Gasteiger partial charge in [0.15, 0.2) is 0 Å². The van der Waals surface area contributed by atoms with Crippen molar-refractivity contribution in [1.29, 1.82) is 0 Å². The van der Waals surface area contributed by atoms with Crippen LogP contribution in [0.1, 0.15) is 26.4 Å². The molecule has 5 nitrogen and oxygen atoms in total. The van der Waals surface area contributed by atoms with Gasteiger partial charge >= 0.3 is 0 Å². The standard InChI is InChI=1S/C20H16ClN3O2/c1-13-6-4-11-18(22-13)24-20(26)16-9-2-3-10-17(16)23-19(25)14-7-5-8-15(21)12-14/h2-12H,1H3,(H,23,25)(H,22,24,26). The van der Waals surface area contributed by atoms with Gasteiger partial charge in [-0.25, -0.2) is 4.98 Å². The molecule has 0 aliphatic rings. The van der Waals surface area contributed by atoms with Gasteiger partial charge in [-0.2, -0.15) is 0 Å². The Kier molecular flexibility index (Phi) is 5.29. The van der Waals surface area contributed by atoms with Gasteiger partial charge in [0.1, 0.15) is 5.82 Å². The van der Waals surface area contributed by atoms with E-state index in [1.165, 1.54) is 0 Å². The summed E-state index contributed by atoms with van der Waals surface area (Å²) in [5.41, 5.74) is 1.95. The average molecular weight is 366 g/mol. The Balaban J connectivity index is 1.81. The summed E-state index contributed by atoms with van der Waals surface area (Å²) in [4.78, 5) is 29.3. The number of benzene rings is 2. The molecule has 0 aliphatic heterocycles. The number of pyridine rings is 1. The number of rotatable bonds is 4. The van der Waals surface area contributed by atoms with Crippen molar-refractivity contribution in [2.45, 2.75) is 6.92 Å². The second-order valence-electron chi connectivity index (χ2n) is 5.63. The molecule has 0 radical (unpaired) electrons. The molecule has 0 bridgehead atoms. The van der Waals surface area contributed by atoms with Crippen LogP contribution in [0.2, 0.25) is 5.02 Å². The quantitative estimate of drug-likeness (QED) is 0.712. The van der Waals surface area contributed by atoms with E-state index in [0.29, 0.717) is 27.7 Å². The lowest BCUT2D eigenvalue weighted by atomic mass is 10.1. The van der Waals surface area contributed by atoms with Crippen molar-refractivity contribution in [2.24, 2.45) is 0 Å². The molecule has 1 heterocycles. The molecule has 26 heavy (non-hydrogen) atoms. The number of aryl methyl sites for hydroxylation is 1. The predicted octanol–water partition coefficient (Wildman–Crippen LogP) is 4.55. The van der Waals surface area contributed by atoms with Crippen LogP contribution in [0.15, 0.2) is 66.7 Å². The first kappa shape index (κ1) is 17.6. The Labute approximate surface area is 156 Å². The molecule has 1 aromatic heterocycles. The fraction of sp³-hybridized carbons (Fsp3) is 0.0500. The number of aromatic nitrogens is 1. The number of hydrogen-bond acceptors (Lipinski definition) is 3. The number of carbonyl (C=O) groups excluding carboxylic acids is 2. The fourth-order valence-electron chi connectivity index (χ4n) is 2.41. The molecule has 0 saturated carbocycles. The first-order valence-electron chi connectivity index (χ1n) is 7.94. The monoisotopic (exact) mass is 365 g/mol. The van der Waals surface area contributed by atoms with E-state index in [4.69, 9.17) is 11.6 Å². The van der Waals surface area contributed by atoms with Crippen LogP contribution >= 0.6 is 11.6 Å². The fourth-order valence-corrected chi connectivity index (χ4v) is 2.60. The van der Waals surface area contributed by atoms with Crippen LogP contribution in [-0.4, -0.2) is 16.8 Å². The van der Waals surface area contributed by atoms with Crippen LogP contribution < -0.4 is 10.6 Å². The average Bonchev–Trinajstić information content (AvgIpc) is 2.62. The van der Waals surface area contributed by atoms with Crippen LogP contribution in [0, 0.1) is 6.92 Å². The SMILES string of the molecule is Cc1cccc(NC(=O)c2ccccc2NC(=O)c2cccc(Cl)c2)n1. The maximum Gasteiger partial charge on any atom is 0.258 e. The highest BCUT2D eigenvalue weighted by Gasteiger charge is 2.15. The smallest absolute Gasteiger partial charge is 0.258 e. The third kappa shape index (κ3) is 4.26. The zero-order chi connectivity index (χ0) is 18.5. The Morgan fingerprint density at radius 3 is 2.42 bits per heavy atom. The summed E-state index contributed by atoms with van der Waals surface area (Å²) in [6.45, 7) is 1.84. The van der Waals surface area contributed by atoms with Gasteiger partial charge in [-0.05, 0) is 49.4 Å². The lowest BCUT2D eigenvalue weighted by Crippen LogP contribution is -2.18. The molecule has 0 unspecified atom stereocenters. The molecular weight excluding hydrogens is 350 g/mol. The van der Waals surface area contributed by atoms with Crippen LogP contribution in [0.3, 0.4) is 0 Å². The molecule has 3 rings (SSSR count). The minimum atomic E-state index is -0.356. The molecule has 0 spiro atoms. The number of nitrogens with one attached hydrogen (secondary N) is 2. The molecule has 2 N–H and O–H groups in total. The summed E-state index contributed by atoms with van der Waals surface area (Å²) in [5, 5.41) is 5.96. The molecule has 2 amide bonds. The Morgan fingerprint density at radius 2 is 1.65 bits per heavy atom. The largest absolute Gasteiger partial charge is 0.321 e. The van der Waals surface area contributed by atoms with Crippen LogP contribution in [0.4, 0.5) is 11.5 Å². The molecule has 2 aromatic carbocycles. The van der Waals surface area contributed by atoms with E-state index in [-0.39, 0.29) is 11.8 Å². The van der Waals surface area contributed by atoms with Gasteiger partial charge in [-0.3, -0.25) is 9.59 Å². The van der Waals surface area contributed by atoms with Gasteiger partial charge in [-0.15, -0.1) is 0 Å². The number of amides is 2. The van der Waals surface area contributed by atoms with Crippen molar-refractivity contribution in [2.75, 3.05) is 10.6 Å². The van der Waals surface area contributed by atoms with Crippen molar-refractivity contribution >= 4 is 34.9 Å². The number of nitrogens with zero attached hydrogens (tertiary/aromatic N) is 1. The second-order valence-corrected chi connectivity index (χ2v) is 6.06. The van der Waals surface area contributed by atoms with Crippen molar-refractivity contribution in [1.82, 2.24) is 4.98 Å². The maximum atomic E-state index is 12.6. The lowest BCUT2D eigenvalue weighted by Gasteiger charge is -2.11. The summed E-state index contributed by atoms with van der Waals surface area (Å²) < 4.78 is 0. The third-order valence-electron chi connectivity index (χ3n) is 3.64. The molecule has 3 aromatic rings. The van der Waals surface area contributed by atoms with Gasteiger partial charge in [0, 0.05) is 16.3 Å². The molecule has 130 valence electrons. The third-order valence-corrected chi connectivity index (χ3v) is 3.87. The van der Waals surface area contributed by atoms with Crippen molar-refractivity contribution < 1.29 is 9.59 Å². The van der Waals surface area contributed by atoms with E-state index in [1.807, 2.05) is 19.1 Å². The highest BCUT2D eigenvalue weighted by atomic mass is 35.5. The normalized spacial score (nSPS) is 10.2. The second kappa shape index (κ2) is 7.80. The van der Waals surface area contributed by atoms with Crippen LogP contribution in [0.25, 0.3) is 0 Å². The van der Waals surface area contributed by atoms with Crippen LogP contribution in [0.5, 0.6) is 0 Å². The lowest BCUT2D eigenvalue weighted by molar-refractivity contribution is 0.102. The van der Waals surface area contributed by atoms with E-state index in [2.05, 4.69) is 15.6 Å². The molecule has 0 aliphatic carbocycles. The zero-order valence-electron chi connectivity index (χ0n) is 14.0. The summed E-state index contributed by atoms with van der Waals surface area (Å²) in [7, 11) is 0. The summed E-state index contributed by atoms with van der Waals surface area (Å²) in [5.74, 6) is -0.252. The first-order chi connectivity index (χ1) is 12.5. The molecule has 6 heteroatoms. The topological polar surface area (TPSA) is 71.1 Å². The van der Waals surface area contributed by atoms with Gasteiger partial charge in [0.2, 0.25) is 0 Å². The first-order valence-corrected chi connectivity index (χ1v) is 8.32. The Bertz CT molecular complexity index is 973. The van der Waals surface area contributed by atoms with Gasteiger partial charge < -0.3 is 10.6 Å². The van der Waals surface area contributed by atoms with Gasteiger partial charge in [-0.1, -0.05) is 35.9 Å². The maximum absolute atomic E-state index is 12.6. The minimum Gasteiger partial charge on any atom is -0.321 e. The van der Waals surface area contributed by atoms with E-state index in [0.717, 1.165) is 5.69 Å². The Hall–Kier alpha value is -3.18. The number of hydrogen-bond donors (Lipinski definition) is 2. The summed E-state index contributed by atoms with van der Waals surface area (Å²) in [6.07, 6.45) is 0. The van der Waals surface area contributed by atoms with Crippen molar-refractivity contribution in [3.05, 3.63) is 88.6 Å². The highest BCUT2D eigenvalue weighted by molar-refractivity contribution is 6.31. The number of para-hydroxylation sites is 1. The minimum absolute atomic E-state index is 0.339. The van der Waals surface area contributed by atoms with E-state index in [1.54, 1.807) is 54.6 Å². The van der Waals surface area contributed by atoms with E-state index < -0.39 is 0 Å². The zero-order valence-corrected chi connectivity index (χ0v) is 14.7.